The average molecular weight is 329 g/mol. The van der Waals surface area contributed by atoms with Crippen molar-refractivity contribution in [2.45, 2.75) is 18.9 Å². The average Bonchev–Trinajstić information content (AvgIpc) is 3.02. The minimum Gasteiger partial charge on any atom is -0.347 e. The molecule has 1 aromatic carbocycles. The van der Waals surface area contributed by atoms with Crippen LogP contribution >= 0.6 is 11.6 Å². The number of halogens is 1. The van der Waals surface area contributed by atoms with E-state index >= 15 is 0 Å². The Hall–Kier alpha value is -2.32. The molecule has 118 valence electrons. The maximum Gasteiger partial charge on any atom is 0.244 e. The lowest BCUT2D eigenvalue weighted by atomic mass is 10.1. The van der Waals surface area contributed by atoms with E-state index in [0.29, 0.717) is 21.9 Å². The molecule has 1 unspecified atom stereocenters. The fourth-order valence-electron chi connectivity index (χ4n) is 3.02. The number of anilines is 1. The second-order valence-corrected chi connectivity index (χ2v) is 6.32. The molecule has 2 aromatic rings. The van der Waals surface area contributed by atoms with Crippen LogP contribution in [0.3, 0.4) is 0 Å². The Labute approximate surface area is 140 Å². The normalized spacial score (nSPS) is 17.3. The minimum absolute atomic E-state index is 0.0685. The van der Waals surface area contributed by atoms with Gasteiger partial charge in [0.15, 0.2) is 0 Å². The molecule has 1 atom stereocenters. The SMILES string of the molecule is CN(C)C(=O)C1CCCN1c1cc(C#N)c2cc(Cl)ccc2n1. The Morgan fingerprint density at radius 1 is 1.43 bits per heavy atom. The zero-order valence-electron chi connectivity index (χ0n) is 13.1. The largest absolute Gasteiger partial charge is 0.347 e. The van der Waals surface area contributed by atoms with Gasteiger partial charge in [-0.2, -0.15) is 5.26 Å². The van der Waals surface area contributed by atoms with Crippen LogP contribution in [0.2, 0.25) is 5.02 Å². The third-order valence-electron chi connectivity index (χ3n) is 4.15. The maximum atomic E-state index is 12.4. The van der Waals surface area contributed by atoms with Gasteiger partial charge in [-0.3, -0.25) is 4.79 Å². The van der Waals surface area contributed by atoms with E-state index in [1.165, 1.54) is 0 Å². The van der Waals surface area contributed by atoms with E-state index in [1.807, 2.05) is 4.90 Å². The highest BCUT2D eigenvalue weighted by Crippen LogP contribution is 2.30. The number of benzene rings is 1. The van der Waals surface area contributed by atoms with Gasteiger partial charge in [0.1, 0.15) is 11.9 Å². The number of rotatable bonds is 2. The number of hydrogen-bond donors (Lipinski definition) is 0. The molecule has 0 aliphatic carbocycles. The van der Waals surface area contributed by atoms with E-state index in [9.17, 15) is 10.1 Å². The molecule has 0 radical (unpaired) electrons. The summed E-state index contributed by atoms with van der Waals surface area (Å²) in [5.41, 5.74) is 1.24. The van der Waals surface area contributed by atoms with Crippen molar-refractivity contribution >= 4 is 34.2 Å². The van der Waals surface area contributed by atoms with Gasteiger partial charge in [0.05, 0.1) is 17.1 Å². The third-order valence-corrected chi connectivity index (χ3v) is 4.39. The van der Waals surface area contributed by atoms with Gasteiger partial charge in [0, 0.05) is 31.0 Å². The summed E-state index contributed by atoms with van der Waals surface area (Å²) in [6.07, 6.45) is 1.74. The van der Waals surface area contributed by atoms with Crippen LogP contribution in [0, 0.1) is 11.3 Å². The van der Waals surface area contributed by atoms with Crippen molar-refractivity contribution < 1.29 is 4.79 Å². The molecule has 1 aliphatic rings. The zero-order chi connectivity index (χ0) is 16.6. The number of amides is 1. The summed E-state index contributed by atoms with van der Waals surface area (Å²) in [5.74, 6) is 0.744. The molecule has 0 spiro atoms. The van der Waals surface area contributed by atoms with Gasteiger partial charge in [0.2, 0.25) is 5.91 Å². The van der Waals surface area contributed by atoms with Crippen molar-refractivity contribution in [3.8, 4) is 6.07 Å². The van der Waals surface area contributed by atoms with Crippen LogP contribution in [-0.2, 0) is 4.79 Å². The predicted octanol–water partition coefficient (Wildman–Crippen LogP) is 2.82. The van der Waals surface area contributed by atoms with Crippen LogP contribution in [0.25, 0.3) is 10.9 Å². The van der Waals surface area contributed by atoms with Crippen molar-refractivity contribution in [1.82, 2.24) is 9.88 Å². The van der Waals surface area contributed by atoms with Gasteiger partial charge < -0.3 is 9.80 Å². The molecule has 3 rings (SSSR count). The lowest BCUT2D eigenvalue weighted by Crippen LogP contribution is -2.43. The van der Waals surface area contributed by atoms with Gasteiger partial charge >= 0.3 is 0 Å². The molecule has 0 N–H and O–H groups in total. The summed E-state index contributed by atoms with van der Waals surface area (Å²) in [5, 5.41) is 10.8. The summed E-state index contributed by atoms with van der Waals surface area (Å²) < 4.78 is 0. The lowest BCUT2D eigenvalue weighted by Gasteiger charge is -2.27. The first-order valence-electron chi connectivity index (χ1n) is 7.49. The number of hydrogen-bond acceptors (Lipinski definition) is 4. The van der Waals surface area contributed by atoms with Crippen molar-refractivity contribution in [2.24, 2.45) is 0 Å². The monoisotopic (exact) mass is 328 g/mol. The Bertz CT molecular complexity index is 812. The Morgan fingerprint density at radius 2 is 2.22 bits per heavy atom. The number of carbonyl (C=O) groups excluding carboxylic acids is 1. The van der Waals surface area contributed by atoms with Gasteiger partial charge in [0.25, 0.3) is 0 Å². The maximum absolute atomic E-state index is 12.4. The lowest BCUT2D eigenvalue weighted by molar-refractivity contribution is -0.129. The van der Waals surface area contributed by atoms with Gasteiger partial charge in [-0.1, -0.05) is 11.6 Å². The molecule has 5 nitrogen and oxygen atoms in total. The molecule has 0 saturated carbocycles. The highest BCUT2D eigenvalue weighted by atomic mass is 35.5. The fraction of sp³-hybridized carbons (Fsp3) is 0.353. The standard InChI is InChI=1S/C17H17ClN4O/c1-21(2)17(23)15-4-3-7-22(15)16-8-11(10-19)13-9-12(18)5-6-14(13)20-16/h5-6,8-9,15H,3-4,7H2,1-2H3. The minimum atomic E-state index is -0.214. The zero-order valence-corrected chi connectivity index (χ0v) is 13.8. The molecule has 1 saturated heterocycles. The summed E-state index contributed by atoms with van der Waals surface area (Å²) in [4.78, 5) is 20.6. The fourth-order valence-corrected chi connectivity index (χ4v) is 3.19. The Morgan fingerprint density at radius 3 is 2.91 bits per heavy atom. The molecule has 1 aromatic heterocycles. The van der Waals surface area contributed by atoms with Gasteiger partial charge in [-0.25, -0.2) is 4.98 Å². The van der Waals surface area contributed by atoms with Gasteiger partial charge in [-0.05, 0) is 37.1 Å². The van der Waals surface area contributed by atoms with Crippen LogP contribution in [0.15, 0.2) is 24.3 Å². The first kappa shape index (κ1) is 15.6. The van der Waals surface area contributed by atoms with E-state index in [4.69, 9.17) is 11.6 Å². The van der Waals surface area contributed by atoms with Crippen LogP contribution < -0.4 is 4.90 Å². The van der Waals surface area contributed by atoms with Crippen molar-refractivity contribution in [1.29, 1.82) is 5.26 Å². The highest BCUT2D eigenvalue weighted by Gasteiger charge is 2.33. The molecule has 1 aliphatic heterocycles. The Balaban J connectivity index is 2.08. The molecule has 6 heteroatoms. The van der Waals surface area contributed by atoms with Crippen LogP contribution in [0.5, 0.6) is 0 Å². The summed E-state index contributed by atoms with van der Waals surface area (Å²) in [6.45, 7) is 0.765. The van der Waals surface area contributed by atoms with E-state index in [1.54, 1.807) is 43.3 Å². The smallest absolute Gasteiger partial charge is 0.244 e. The number of fused-ring (bicyclic) bond motifs is 1. The number of nitrogens with zero attached hydrogens (tertiary/aromatic N) is 4. The van der Waals surface area contributed by atoms with E-state index in [0.717, 1.165) is 24.8 Å². The quantitative estimate of drug-likeness (QED) is 0.850. The molecular formula is C17H17ClN4O. The molecule has 1 fully saturated rings. The number of carbonyl (C=O) groups is 1. The van der Waals surface area contributed by atoms with Crippen LogP contribution in [0.4, 0.5) is 5.82 Å². The summed E-state index contributed by atoms with van der Waals surface area (Å²) in [7, 11) is 3.52. The third kappa shape index (κ3) is 2.82. The predicted molar refractivity (Wildman–Crippen MR) is 90.5 cm³/mol. The van der Waals surface area contributed by atoms with Gasteiger partial charge in [-0.15, -0.1) is 0 Å². The van der Waals surface area contributed by atoms with Crippen LogP contribution in [-0.4, -0.2) is 42.5 Å². The second kappa shape index (κ2) is 6.05. The van der Waals surface area contributed by atoms with Crippen molar-refractivity contribution in [3.63, 3.8) is 0 Å². The number of aromatic nitrogens is 1. The summed E-state index contributed by atoms with van der Waals surface area (Å²) in [6, 6.07) is 9.06. The molecule has 0 bridgehead atoms. The molecule has 1 amide bonds. The number of nitriles is 1. The van der Waals surface area contributed by atoms with E-state index < -0.39 is 0 Å². The molecule has 23 heavy (non-hydrogen) atoms. The topological polar surface area (TPSA) is 60.2 Å². The molecular weight excluding hydrogens is 312 g/mol. The van der Waals surface area contributed by atoms with E-state index in [-0.39, 0.29) is 11.9 Å². The molecule has 2 heterocycles. The number of likely N-dealkylation sites (N-methyl/N-ethyl adjacent to an activating group) is 1. The first-order chi connectivity index (χ1) is 11.0. The number of pyridine rings is 1. The van der Waals surface area contributed by atoms with Crippen molar-refractivity contribution in [2.75, 3.05) is 25.5 Å². The van der Waals surface area contributed by atoms with Crippen LogP contribution in [0.1, 0.15) is 18.4 Å². The van der Waals surface area contributed by atoms with E-state index in [2.05, 4.69) is 11.1 Å². The highest BCUT2D eigenvalue weighted by molar-refractivity contribution is 6.31. The first-order valence-corrected chi connectivity index (χ1v) is 7.87. The van der Waals surface area contributed by atoms with Crippen molar-refractivity contribution in [3.05, 3.63) is 34.9 Å². The Kier molecular flexibility index (Phi) is 4.10. The summed E-state index contributed by atoms with van der Waals surface area (Å²) >= 11 is 6.02. The second-order valence-electron chi connectivity index (χ2n) is 5.89.